The average molecular weight is 568 g/mol. The van der Waals surface area contributed by atoms with Crippen LogP contribution in [0.5, 0.6) is 11.5 Å². The first-order chi connectivity index (χ1) is 19.6. The molecule has 0 radical (unpaired) electrons. The topological polar surface area (TPSA) is 101 Å². The van der Waals surface area contributed by atoms with Crippen molar-refractivity contribution < 1.29 is 29.0 Å². The molecule has 1 N–H and O–H groups in total. The number of fused-ring (bicyclic) bond motifs is 4. The number of phenols is 1. The van der Waals surface area contributed by atoms with Crippen LogP contribution >= 0.6 is 11.6 Å². The van der Waals surface area contributed by atoms with Gasteiger partial charge in [-0.1, -0.05) is 29.3 Å². The van der Waals surface area contributed by atoms with Gasteiger partial charge in [-0.3, -0.25) is 19.2 Å². The van der Waals surface area contributed by atoms with Crippen molar-refractivity contribution in [1.82, 2.24) is 0 Å². The lowest BCUT2D eigenvalue weighted by atomic mass is 9.58. The monoisotopic (exact) mass is 567 g/mol. The molecule has 3 aliphatic carbocycles. The number of ether oxygens (including phenoxy) is 1. The van der Waals surface area contributed by atoms with Gasteiger partial charge in [-0.05, 0) is 80.2 Å². The highest BCUT2D eigenvalue weighted by Gasteiger charge is 2.57. The third-order valence-electron chi connectivity index (χ3n) is 9.13. The lowest BCUT2D eigenvalue weighted by molar-refractivity contribution is -0.123. The van der Waals surface area contributed by atoms with Gasteiger partial charge in [0.2, 0.25) is 11.8 Å². The number of phenolic OH excluding ortho intramolecular Hbond substituents is 1. The summed E-state index contributed by atoms with van der Waals surface area (Å²) in [6, 6.07) is 10.0. The van der Waals surface area contributed by atoms with Crippen molar-refractivity contribution in [2.75, 3.05) is 4.90 Å². The van der Waals surface area contributed by atoms with Crippen molar-refractivity contribution >= 4 is 40.7 Å². The van der Waals surface area contributed by atoms with E-state index < -0.39 is 23.7 Å². The number of Topliss-reactive ketones (excluding diaryl/α,β-unsaturated/α-hetero) is 1. The summed E-state index contributed by atoms with van der Waals surface area (Å²) in [6.07, 6.45) is 5.93. The molecule has 2 aliphatic heterocycles. The molecule has 2 aromatic rings. The Bertz CT molecular complexity index is 1740. The Kier molecular flexibility index (Phi) is 5.74. The van der Waals surface area contributed by atoms with Gasteiger partial charge >= 0.3 is 0 Å². The fourth-order valence-electron chi connectivity index (χ4n) is 7.15. The van der Waals surface area contributed by atoms with Gasteiger partial charge in [0.05, 0.1) is 23.8 Å². The van der Waals surface area contributed by atoms with E-state index in [1.165, 1.54) is 11.0 Å². The van der Waals surface area contributed by atoms with Crippen LogP contribution in [-0.4, -0.2) is 28.5 Å². The van der Waals surface area contributed by atoms with Gasteiger partial charge in [-0.15, -0.1) is 0 Å². The molecule has 41 heavy (non-hydrogen) atoms. The number of allylic oxidation sites excluding steroid dienone is 7. The van der Waals surface area contributed by atoms with Gasteiger partial charge in [0.1, 0.15) is 11.5 Å². The van der Waals surface area contributed by atoms with E-state index in [1.807, 2.05) is 13.0 Å². The van der Waals surface area contributed by atoms with Crippen molar-refractivity contribution in [2.24, 2.45) is 23.7 Å². The third kappa shape index (κ3) is 3.79. The smallest absolute Gasteiger partial charge is 0.238 e. The Morgan fingerprint density at radius 2 is 1.80 bits per heavy atom. The van der Waals surface area contributed by atoms with Crippen LogP contribution in [0.2, 0.25) is 5.02 Å². The quantitative estimate of drug-likeness (QED) is 0.299. The molecule has 7 nitrogen and oxygen atoms in total. The highest BCUT2D eigenvalue weighted by atomic mass is 35.5. The number of halogens is 1. The summed E-state index contributed by atoms with van der Waals surface area (Å²) in [5, 5.41) is 10.6. The standard InChI is InChI=1S/C33H26ClNO6/c1-15-3-4-19(12-25(15)34)35-32(39)22-7-6-21-23(29(22)33(35)40)13-24-26(37)9-16(2)31(38)30(24)28(21)18-10-17-11-20(36)5-8-27(17)41-14-18/h3-6,8-9,11-12,14,22-23,28-29,36H,7,10,13H2,1-2H3. The summed E-state index contributed by atoms with van der Waals surface area (Å²) in [5.74, 6) is -2.57. The lowest BCUT2D eigenvalue weighted by Gasteiger charge is -2.43. The van der Waals surface area contributed by atoms with E-state index in [-0.39, 0.29) is 35.6 Å². The number of carbonyl (C=O) groups excluding carboxylic acids is 4. The van der Waals surface area contributed by atoms with Crippen LogP contribution in [0.1, 0.15) is 30.9 Å². The first-order valence-corrected chi connectivity index (χ1v) is 14.0. The maximum Gasteiger partial charge on any atom is 0.238 e. The Balaban J connectivity index is 1.33. The lowest BCUT2D eigenvalue weighted by Crippen LogP contribution is -2.41. The predicted octanol–water partition coefficient (Wildman–Crippen LogP) is 5.34. The fraction of sp³-hybridized carbons (Fsp3) is 0.273. The normalized spacial score (nSPS) is 26.9. The summed E-state index contributed by atoms with van der Waals surface area (Å²) in [4.78, 5) is 55.9. The molecular formula is C33H26ClNO6. The van der Waals surface area contributed by atoms with E-state index in [0.717, 1.165) is 22.3 Å². The number of amides is 2. The SMILES string of the molecule is CC1=CC(=O)C2=C(C1=O)C(C1=COc3ccc(O)cc3C1)C1=CCC3C(=O)N(c4ccc(C)c(Cl)c4)C(=O)C3C1C2. The van der Waals surface area contributed by atoms with Gasteiger partial charge < -0.3 is 9.84 Å². The molecule has 1 saturated heterocycles. The molecular weight excluding hydrogens is 542 g/mol. The zero-order valence-electron chi connectivity index (χ0n) is 22.4. The molecule has 2 heterocycles. The molecule has 4 atom stereocenters. The number of hydrogen-bond donors (Lipinski definition) is 1. The molecule has 4 unspecified atom stereocenters. The van der Waals surface area contributed by atoms with Crippen LogP contribution in [0.3, 0.4) is 0 Å². The van der Waals surface area contributed by atoms with Crippen LogP contribution in [0.4, 0.5) is 5.69 Å². The number of nitrogens with zero attached hydrogens (tertiary/aromatic N) is 1. The second kappa shape index (κ2) is 9.14. The van der Waals surface area contributed by atoms with Crippen molar-refractivity contribution in [3.8, 4) is 11.5 Å². The molecule has 7 rings (SSSR count). The number of benzene rings is 2. The summed E-state index contributed by atoms with van der Waals surface area (Å²) in [5.41, 5.74) is 4.85. The summed E-state index contributed by atoms with van der Waals surface area (Å²) in [7, 11) is 0. The minimum Gasteiger partial charge on any atom is -0.508 e. The number of aromatic hydroxyl groups is 1. The van der Waals surface area contributed by atoms with E-state index in [4.69, 9.17) is 16.3 Å². The number of imide groups is 1. The fourth-order valence-corrected chi connectivity index (χ4v) is 7.32. The number of anilines is 1. The van der Waals surface area contributed by atoms with Crippen molar-refractivity contribution in [3.05, 3.63) is 98.8 Å². The molecule has 1 fully saturated rings. The second-order valence-electron chi connectivity index (χ2n) is 11.5. The van der Waals surface area contributed by atoms with Gasteiger partial charge in [-0.2, -0.15) is 0 Å². The molecule has 8 heteroatoms. The molecule has 0 spiro atoms. The van der Waals surface area contributed by atoms with Gasteiger partial charge in [0.25, 0.3) is 0 Å². The number of hydrogen-bond acceptors (Lipinski definition) is 6. The second-order valence-corrected chi connectivity index (χ2v) is 11.9. The Hall–Kier alpha value is -4.23. The number of rotatable bonds is 2. The molecule has 0 aromatic heterocycles. The van der Waals surface area contributed by atoms with Crippen LogP contribution in [0.15, 0.2) is 82.7 Å². The third-order valence-corrected chi connectivity index (χ3v) is 9.53. The van der Waals surface area contributed by atoms with Crippen LogP contribution in [0.25, 0.3) is 0 Å². The minimum absolute atomic E-state index is 0.101. The van der Waals surface area contributed by atoms with Crippen LogP contribution in [-0.2, 0) is 25.6 Å². The highest BCUT2D eigenvalue weighted by Crippen LogP contribution is 2.55. The molecule has 0 bridgehead atoms. The van der Waals surface area contributed by atoms with Gasteiger partial charge in [0.15, 0.2) is 11.6 Å². The average Bonchev–Trinajstić information content (AvgIpc) is 3.21. The van der Waals surface area contributed by atoms with Crippen molar-refractivity contribution in [3.63, 3.8) is 0 Å². The maximum atomic E-state index is 14.0. The summed E-state index contributed by atoms with van der Waals surface area (Å²) >= 11 is 6.35. The Labute approximate surface area is 241 Å². The molecule has 0 saturated carbocycles. The van der Waals surface area contributed by atoms with Crippen molar-refractivity contribution in [1.29, 1.82) is 0 Å². The van der Waals surface area contributed by atoms with E-state index in [0.29, 0.717) is 46.0 Å². The predicted molar refractivity (Wildman–Crippen MR) is 151 cm³/mol. The highest BCUT2D eigenvalue weighted by molar-refractivity contribution is 6.32. The zero-order chi connectivity index (χ0) is 28.7. The number of ketones is 2. The number of aryl methyl sites for hydroxylation is 1. The molecule has 206 valence electrons. The molecule has 5 aliphatic rings. The Morgan fingerprint density at radius 1 is 1.00 bits per heavy atom. The minimum atomic E-state index is -0.671. The maximum absolute atomic E-state index is 14.0. The molecule has 2 amide bonds. The summed E-state index contributed by atoms with van der Waals surface area (Å²) < 4.78 is 5.94. The largest absolute Gasteiger partial charge is 0.508 e. The Morgan fingerprint density at radius 3 is 2.59 bits per heavy atom. The van der Waals surface area contributed by atoms with Crippen LogP contribution in [0, 0.1) is 30.6 Å². The van der Waals surface area contributed by atoms with Crippen molar-refractivity contribution in [2.45, 2.75) is 33.1 Å². The van der Waals surface area contributed by atoms with E-state index in [1.54, 1.807) is 49.6 Å². The number of carbonyl (C=O) groups is 4. The van der Waals surface area contributed by atoms with Gasteiger partial charge in [0, 0.05) is 39.6 Å². The zero-order valence-corrected chi connectivity index (χ0v) is 23.2. The van der Waals surface area contributed by atoms with Gasteiger partial charge in [-0.25, -0.2) is 4.90 Å². The first kappa shape index (κ1) is 25.7. The van der Waals surface area contributed by atoms with E-state index in [2.05, 4.69) is 0 Å². The van der Waals surface area contributed by atoms with E-state index in [9.17, 15) is 24.3 Å². The molecule has 2 aromatic carbocycles. The van der Waals surface area contributed by atoms with E-state index >= 15 is 0 Å². The summed E-state index contributed by atoms with van der Waals surface area (Å²) in [6.45, 7) is 3.49. The van der Waals surface area contributed by atoms with Crippen LogP contribution < -0.4 is 9.64 Å². The first-order valence-electron chi connectivity index (χ1n) is 13.7.